The standard InChI is InChI=1S/C7H9NO2S/c1-10-6(7(8)9)5-2-3-11-4-5/h2-4,6H,1H3,(H2,8,9). The zero-order valence-electron chi connectivity index (χ0n) is 6.11. The van der Waals surface area contributed by atoms with Gasteiger partial charge in [0, 0.05) is 12.7 Å². The summed E-state index contributed by atoms with van der Waals surface area (Å²) in [5.74, 6) is -0.453. The minimum atomic E-state index is -0.596. The Balaban J connectivity index is 2.79. The quantitative estimate of drug-likeness (QED) is 0.735. The van der Waals surface area contributed by atoms with Crippen LogP contribution in [0.3, 0.4) is 0 Å². The van der Waals surface area contributed by atoms with Crippen molar-refractivity contribution < 1.29 is 9.53 Å². The van der Waals surface area contributed by atoms with E-state index < -0.39 is 12.0 Å². The second-order valence-electron chi connectivity index (χ2n) is 2.07. The topological polar surface area (TPSA) is 52.3 Å². The van der Waals surface area contributed by atoms with Crippen molar-refractivity contribution in [3.8, 4) is 0 Å². The lowest BCUT2D eigenvalue weighted by molar-refractivity contribution is -0.128. The number of amides is 1. The van der Waals surface area contributed by atoms with Crippen LogP contribution in [-0.4, -0.2) is 13.0 Å². The molecule has 3 nitrogen and oxygen atoms in total. The van der Waals surface area contributed by atoms with Crippen molar-refractivity contribution in [3.63, 3.8) is 0 Å². The minimum absolute atomic E-state index is 0.453. The summed E-state index contributed by atoms with van der Waals surface area (Å²) in [6.07, 6.45) is -0.596. The van der Waals surface area contributed by atoms with Gasteiger partial charge in [-0.05, 0) is 16.8 Å². The van der Waals surface area contributed by atoms with Crippen molar-refractivity contribution in [1.82, 2.24) is 0 Å². The lowest BCUT2D eigenvalue weighted by Crippen LogP contribution is -2.22. The van der Waals surface area contributed by atoms with Gasteiger partial charge in [-0.25, -0.2) is 0 Å². The molecular formula is C7H9NO2S. The molecule has 0 radical (unpaired) electrons. The fourth-order valence-corrected chi connectivity index (χ4v) is 1.51. The van der Waals surface area contributed by atoms with Gasteiger partial charge < -0.3 is 10.5 Å². The van der Waals surface area contributed by atoms with Gasteiger partial charge in [-0.3, -0.25) is 4.79 Å². The molecule has 4 heteroatoms. The fraction of sp³-hybridized carbons (Fsp3) is 0.286. The molecule has 60 valence electrons. The van der Waals surface area contributed by atoms with E-state index in [1.807, 2.05) is 16.8 Å². The van der Waals surface area contributed by atoms with E-state index in [1.54, 1.807) is 0 Å². The summed E-state index contributed by atoms with van der Waals surface area (Å²) in [4.78, 5) is 10.7. The third kappa shape index (κ3) is 1.78. The summed E-state index contributed by atoms with van der Waals surface area (Å²) in [5.41, 5.74) is 5.90. The Bertz CT molecular complexity index is 233. The summed E-state index contributed by atoms with van der Waals surface area (Å²) in [7, 11) is 1.47. The van der Waals surface area contributed by atoms with Gasteiger partial charge in [-0.15, -0.1) is 0 Å². The predicted molar refractivity (Wildman–Crippen MR) is 43.3 cm³/mol. The second-order valence-corrected chi connectivity index (χ2v) is 2.85. The van der Waals surface area contributed by atoms with E-state index in [0.717, 1.165) is 5.56 Å². The number of hydrogen-bond donors (Lipinski definition) is 1. The van der Waals surface area contributed by atoms with Crippen molar-refractivity contribution >= 4 is 17.2 Å². The molecule has 1 unspecified atom stereocenters. The van der Waals surface area contributed by atoms with E-state index in [4.69, 9.17) is 10.5 Å². The molecule has 0 aromatic carbocycles. The first kappa shape index (κ1) is 8.23. The third-order valence-electron chi connectivity index (χ3n) is 1.34. The van der Waals surface area contributed by atoms with Crippen molar-refractivity contribution in [1.29, 1.82) is 0 Å². The zero-order valence-corrected chi connectivity index (χ0v) is 6.93. The summed E-state index contributed by atoms with van der Waals surface area (Å²) >= 11 is 1.51. The van der Waals surface area contributed by atoms with Crippen LogP contribution < -0.4 is 5.73 Å². The van der Waals surface area contributed by atoms with E-state index in [1.165, 1.54) is 18.4 Å². The van der Waals surface area contributed by atoms with Gasteiger partial charge in [-0.2, -0.15) is 11.3 Å². The van der Waals surface area contributed by atoms with Crippen molar-refractivity contribution in [3.05, 3.63) is 22.4 Å². The number of rotatable bonds is 3. The number of primary amides is 1. The molecule has 1 aromatic rings. The SMILES string of the molecule is COC(C(N)=O)c1ccsc1. The molecule has 1 rings (SSSR count). The summed E-state index contributed by atoms with van der Waals surface area (Å²) in [6, 6.07) is 1.82. The summed E-state index contributed by atoms with van der Waals surface area (Å²) in [6.45, 7) is 0. The van der Waals surface area contributed by atoms with Crippen LogP contribution in [0.25, 0.3) is 0 Å². The normalized spacial score (nSPS) is 12.8. The van der Waals surface area contributed by atoms with Gasteiger partial charge in [0.15, 0.2) is 6.10 Å². The first-order chi connectivity index (χ1) is 5.25. The van der Waals surface area contributed by atoms with Gasteiger partial charge >= 0.3 is 0 Å². The second kappa shape index (κ2) is 3.50. The van der Waals surface area contributed by atoms with Crippen molar-refractivity contribution in [2.24, 2.45) is 5.73 Å². The minimum Gasteiger partial charge on any atom is -0.367 e. The Morgan fingerprint density at radius 2 is 2.55 bits per heavy atom. The number of carbonyl (C=O) groups is 1. The van der Waals surface area contributed by atoms with Crippen LogP contribution in [-0.2, 0) is 9.53 Å². The third-order valence-corrected chi connectivity index (χ3v) is 2.04. The Kier molecular flexibility index (Phi) is 2.62. The molecule has 0 aliphatic heterocycles. The highest BCUT2D eigenvalue weighted by Gasteiger charge is 2.16. The lowest BCUT2D eigenvalue weighted by atomic mass is 10.2. The molecule has 11 heavy (non-hydrogen) atoms. The molecule has 0 saturated carbocycles. The molecule has 0 spiro atoms. The van der Waals surface area contributed by atoms with Crippen LogP contribution in [0.2, 0.25) is 0 Å². The van der Waals surface area contributed by atoms with Crippen molar-refractivity contribution in [2.45, 2.75) is 6.10 Å². The highest BCUT2D eigenvalue weighted by atomic mass is 32.1. The highest BCUT2D eigenvalue weighted by Crippen LogP contribution is 2.18. The Hall–Kier alpha value is -0.870. The molecular weight excluding hydrogens is 162 g/mol. The van der Waals surface area contributed by atoms with Crippen LogP contribution in [0.5, 0.6) is 0 Å². The molecule has 0 bridgehead atoms. The van der Waals surface area contributed by atoms with E-state index >= 15 is 0 Å². The maximum absolute atomic E-state index is 10.7. The van der Waals surface area contributed by atoms with Crippen molar-refractivity contribution in [2.75, 3.05) is 7.11 Å². The van der Waals surface area contributed by atoms with Gasteiger partial charge in [0.25, 0.3) is 5.91 Å². The molecule has 0 saturated heterocycles. The zero-order chi connectivity index (χ0) is 8.27. The molecule has 1 amide bonds. The molecule has 0 aliphatic rings. The summed E-state index contributed by atoms with van der Waals surface area (Å²) in [5, 5.41) is 3.73. The number of hydrogen-bond acceptors (Lipinski definition) is 3. The van der Waals surface area contributed by atoms with E-state index in [0.29, 0.717) is 0 Å². The average Bonchev–Trinajstić information content (AvgIpc) is 2.40. The van der Waals surface area contributed by atoms with Gasteiger partial charge in [0.2, 0.25) is 0 Å². The molecule has 1 atom stereocenters. The fourth-order valence-electron chi connectivity index (χ4n) is 0.841. The van der Waals surface area contributed by atoms with Crippen LogP contribution in [0.1, 0.15) is 11.7 Å². The van der Waals surface area contributed by atoms with Gasteiger partial charge in [0.1, 0.15) is 0 Å². The molecule has 0 fully saturated rings. The van der Waals surface area contributed by atoms with Crippen LogP contribution in [0, 0.1) is 0 Å². The molecule has 1 aromatic heterocycles. The highest BCUT2D eigenvalue weighted by molar-refractivity contribution is 7.08. The number of methoxy groups -OCH3 is 1. The van der Waals surface area contributed by atoms with E-state index in [9.17, 15) is 4.79 Å². The number of thiophene rings is 1. The predicted octanol–water partition coefficient (Wildman–Crippen LogP) is 0.921. The average molecular weight is 171 g/mol. The monoisotopic (exact) mass is 171 g/mol. The molecule has 1 heterocycles. The maximum Gasteiger partial charge on any atom is 0.251 e. The van der Waals surface area contributed by atoms with E-state index in [-0.39, 0.29) is 0 Å². The number of nitrogens with two attached hydrogens (primary N) is 1. The largest absolute Gasteiger partial charge is 0.367 e. The first-order valence-corrected chi connectivity index (χ1v) is 4.04. The first-order valence-electron chi connectivity index (χ1n) is 3.10. The molecule has 0 aliphatic carbocycles. The van der Waals surface area contributed by atoms with Crippen LogP contribution in [0.4, 0.5) is 0 Å². The Morgan fingerprint density at radius 3 is 2.91 bits per heavy atom. The van der Waals surface area contributed by atoms with Crippen LogP contribution in [0.15, 0.2) is 16.8 Å². The summed E-state index contributed by atoms with van der Waals surface area (Å²) < 4.78 is 4.89. The Labute approximate surface area is 68.8 Å². The maximum atomic E-state index is 10.7. The number of ether oxygens (including phenoxy) is 1. The Morgan fingerprint density at radius 1 is 1.82 bits per heavy atom. The number of carbonyl (C=O) groups excluding carboxylic acids is 1. The van der Waals surface area contributed by atoms with E-state index in [2.05, 4.69) is 0 Å². The smallest absolute Gasteiger partial charge is 0.251 e. The van der Waals surface area contributed by atoms with Gasteiger partial charge in [-0.1, -0.05) is 0 Å². The molecule has 2 N–H and O–H groups in total. The van der Waals surface area contributed by atoms with Gasteiger partial charge in [0.05, 0.1) is 0 Å². The lowest BCUT2D eigenvalue weighted by Gasteiger charge is -2.07. The van der Waals surface area contributed by atoms with Crippen LogP contribution >= 0.6 is 11.3 Å².